The van der Waals surface area contributed by atoms with Gasteiger partial charge >= 0.3 is 0 Å². The molecule has 0 radical (unpaired) electrons. The van der Waals surface area contributed by atoms with Gasteiger partial charge in [0.15, 0.2) is 0 Å². The molecule has 0 heterocycles. The molecule has 0 atom stereocenters. The van der Waals surface area contributed by atoms with Crippen LogP contribution in [0.3, 0.4) is 0 Å². The summed E-state index contributed by atoms with van der Waals surface area (Å²) >= 11 is 0. The van der Waals surface area contributed by atoms with Crippen LogP contribution in [-0.2, 0) is 14.4 Å². The molecule has 0 aromatic rings. The van der Waals surface area contributed by atoms with Crippen LogP contribution < -0.4 is 0 Å². The molecule has 13 heavy (non-hydrogen) atoms. The molecule has 0 aromatic heterocycles. The van der Waals surface area contributed by atoms with Gasteiger partial charge in [0.1, 0.15) is 0 Å². The van der Waals surface area contributed by atoms with Crippen molar-refractivity contribution in [2.45, 2.75) is 20.8 Å². The molecule has 0 aliphatic heterocycles. The van der Waals surface area contributed by atoms with Crippen LogP contribution >= 0.6 is 0 Å². The maximum Gasteiger partial charge on any atom is 0.300 e. The maximum absolute atomic E-state index is 9.00. The molecular formula is C6H12O6Sm. The molecule has 0 spiro atoms. The van der Waals surface area contributed by atoms with Gasteiger partial charge in [0, 0.05) is 61.2 Å². The zero-order chi connectivity index (χ0) is 10.7. The van der Waals surface area contributed by atoms with Gasteiger partial charge in [-0.25, -0.2) is 0 Å². The number of carbonyl (C=O) groups is 3. The molecule has 3 N–H and O–H groups in total. The van der Waals surface area contributed by atoms with Crippen LogP contribution in [0.4, 0.5) is 0 Å². The van der Waals surface area contributed by atoms with E-state index in [1.54, 1.807) is 0 Å². The minimum absolute atomic E-state index is 0. The number of hydrogen-bond donors (Lipinski definition) is 3. The Morgan fingerprint density at radius 2 is 0.692 bits per heavy atom. The third kappa shape index (κ3) is 17500. The van der Waals surface area contributed by atoms with Crippen molar-refractivity contribution in [1.29, 1.82) is 0 Å². The SMILES string of the molecule is CC(=O)O.CC(=O)O.CC(=O)O.[Sm]. The number of hydrogen-bond acceptors (Lipinski definition) is 3. The van der Waals surface area contributed by atoms with Gasteiger partial charge in [-0.3, -0.25) is 14.4 Å². The van der Waals surface area contributed by atoms with Crippen LogP contribution in [0.2, 0.25) is 0 Å². The molecule has 0 saturated carbocycles. The van der Waals surface area contributed by atoms with E-state index in [-0.39, 0.29) is 40.4 Å². The fraction of sp³-hybridized carbons (Fsp3) is 0.500. The predicted octanol–water partition coefficient (Wildman–Crippen LogP) is 0.273. The molecule has 0 aromatic carbocycles. The Hall–Kier alpha value is -0.252. The van der Waals surface area contributed by atoms with Crippen LogP contribution in [0.15, 0.2) is 0 Å². The summed E-state index contributed by atoms with van der Waals surface area (Å²) < 4.78 is 0. The molecule has 6 nitrogen and oxygen atoms in total. The van der Waals surface area contributed by atoms with E-state index in [1.807, 2.05) is 0 Å². The fourth-order valence-corrected chi connectivity index (χ4v) is 0. The van der Waals surface area contributed by atoms with E-state index in [0.717, 1.165) is 20.8 Å². The predicted molar refractivity (Wildman–Crippen MR) is 39.9 cm³/mol. The maximum atomic E-state index is 9.00. The van der Waals surface area contributed by atoms with Crippen molar-refractivity contribution >= 4 is 17.9 Å². The summed E-state index contributed by atoms with van der Waals surface area (Å²) in [6, 6.07) is 0. The molecule has 0 fully saturated rings. The Morgan fingerprint density at radius 1 is 0.692 bits per heavy atom. The minimum atomic E-state index is -0.833. The quantitative estimate of drug-likeness (QED) is 0.588. The van der Waals surface area contributed by atoms with E-state index < -0.39 is 17.9 Å². The molecule has 0 aliphatic carbocycles. The first-order chi connectivity index (χ1) is 5.20. The largest absolute Gasteiger partial charge is 0.481 e. The first-order valence-electron chi connectivity index (χ1n) is 2.78. The summed E-state index contributed by atoms with van der Waals surface area (Å²) in [7, 11) is 0. The van der Waals surface area contributed by atoms with Crippen molar-refractivity contribution in [2.75, 3.05) is 0 Å². The third-order valence-corrected chi connectivity index (χ3v) is 0. The Kier molecular flexibility index (Phi) is 31.4. The first kappa shape index (κ1) is 23.0. The summed E-state index contributed by atoms with van der Waals surface area (Å²) in [6.45, 7) is 3.25. The second kappa shape index (κ2) is 17.7. The number of carboxylic acids is 3. The average Bonchev–Trinajstić information content (AvgIpc) is 1.54. The summed E-state index contributed by atoms with van der Waals surface area (Å²) in [6.07, 6.45) is 0. The first-order valence-corrected chi connectivity index (χ1v) is 2.78. The van der Waals surface area contributed by atoms with Crippen LogP contribution in [0.5, 0.6) is 0 Å². The second-order valence-corrected chi connectivity index (χ2v) is 1.56. The normalized spacial score (nSPS) is 5.77. The van der Waals surface area contributed by atoms with Crippen LogP contribution in [0.25, 0.3) is 0 Å². The van der Waals surface area contributed by atoms with Gasteiger partial charge in [0.2, 0.25) is 0 Å². The molecule has 0 saturated heterocycles. The number of aliphatic carboxylic acids is 3. The van der Waals surface area contributed by atoms with Crippen LogP contribution in [0.1, 0.15) is 20.8 Å². The smallest absolute Gasteiger partial charge is 0.300 e. The second-order valence-electron chi connectivity index (χ2n) is 1.56. The summed E-state index contributed by atoms with van der Waals surface area (Å²) in [4.78, 5) is 27.0. The molecule has 0 bridgehead atoms. The van der Waals surface area contributed by atoms with Crippen molar-refractivity contribution in [3.8, 4) is 0 Å². The number of rotatable bonds is 0. The minimum Gasteiger partial charge on any atom is -0.481 e. The van der Waals surface area contributed by atoms with Gasteiger partial charge in [-0.05, 0) is 0 Å². The fourth-order valence-electron chi connectivity index (χ4n) is 0. The third-order valence-electron chi connectivity index (χ3n) is 0. The topological polar surface area (TPSA) is 112 Å². The van der Waals surface area contributed by atoms with Gasteiger partial charge in [0.25, 0.3) is 17.9 Å². The van der Waals surface area contributed by atoms with Gasteiger partial charge in [-0.1, -0.05) is 0 Å². The zero-order valence-electron chi connectivity index (χ0n) is 7.47. The Balaban J connectivity index is -0.0000000450. The molecular weight excluding hydrogens is 318 g/mol. The summed E-state index contributed by atoms with van der Waals surface area (Å²) in [5, 5.41) is 22.2. The van der Waals surface area contributed by atoms with Gasteiger partial charge in [0.05, 0.1) is 0 Å². The summed E-state index contributed by atoms with van der Waals surface area (Å²) in [5.41, 5.74) is 0. The number of carboxylic acid groups (broad SMARTS) is 3. The van der Waals surface area contributed by atoms with E-state index in [2.05, 4.69) is 0 Å². The molecule has 0 unspecified atom stereocenters. The van der Waals surface area contributed by atoms with Crippen molar-refractivity contribution in [1.82, 2.24) is 0 Å². The molecule has 0 aliphatic rings. The van der Waals surface area contributed by atoms with Crippen molar-refractivity contribution in [2.24, 2.45) is 0 Å². The molecule has 7 heteroatoms. The van der Waals surface area contributed by atoms with E-state index in [4.69, 9.17) is 29.7 Å². The van der Waals surface area contributed by atoms with Crippen molar-refractivity contribution < 1.29 is 70.1 Å². The summed E-state index contributed by atoms with van der Waals surface area (Å²) in [5.74, 6) is -2.50. The van der Waals surface area contributed by atoms with Crippen LogP contribution in [-0.4, -0.2) is 33.2 Å². The Morgan fingerprint density at radius 3 is 0.692 bits per heavy atom. The monoisotopic (exact) mass is 332 g/mol. The van der Waals surface area contributed by atoms with Gasteiger partial charge in [-0.2, -0.15) is 0 Å². The Bertz CT molecular complexity index is 115. The van der Waals surface area contributed by atoms with Crippen LogP contribution in [0, 0.1) is 40.4 Å². The van der Waals surface area contributed by atoms with Gasteiger partial charge in [-0.15, -0.1) is 0 Å². The molecule has 78 valence electrons. The zero-order valence-corrected chi connectivity index (χ0v) is 10.1. The van der Waals surface area contributed by atoms with E-state index in [1.165, 1.54) is 0 Å². The Labute approximate surface area is 108 Å². The molecule has 0 rings (SSSR count). The standard InChI is InChI=1S/3C2H4O2.Sm/c3*1-2(3)4;/h3*1H3,(H,3,4);. The average molecular weight is 331 g/mol. The van der Waals surface area contributed by atoms with Crippen molar-refractivity contribution in [3.63, 3.8) is 0 Å². The van der Waals surface area contributed by atoms with E-state index in [0.29, 0.717) is 0 Å². The van der Waals surface area contributed by atoms with E-state index in [9.17, 15) is 0 Å². The van der Waals surface area contributed by atoms with Gasteiger partial charge < -0.3 is 15.3 Å². The van der Waals surface area contributed by atoms with Crippen molar-refractivity contribution in [3.05, 3.63) is 0 Å². The molecule has 0 amide bonds. The van der Waals surface area contributed by atoms with E-state index >= 15 is 0 Å².